The third-order valence-electron chi connectivity index (χ3n) is 2.89. The molecule has 2 fully saturated rings. The number of hydrogen-bond donors (Lipinski definition) is 0. The van der Waals surface area contributed by atoms with E-state index >= 15 is 0 Å². The van der Waals surface area contributed by atoms with E-state index < -0.39 is 0 Å². The summed E-state index contributed by atoms with van der Waals surface area (Å²) in [6.07, 6.45) is 5.56. The smallest absolute Gasteiger partial charge is 0.135 e. The van der Waals surface area contributed by atoms with Gasteiger partial charge in [0.2, 0.25) is 0 Å². The lowest BCUT2D eigenvalue weighted by Gasteiger charge is -2.38. The molecule has 0 bridgehead atoms. The molecule has 2 saturated heterocycles. The average Bonchev–Trinajstić information content (AvgIpc) is 2.04. The van der Waals surface area contributed by atoms with Crippen molar-refractivity contribution in [2.45, 2.75) is 38.1 Å². The first-order valence-corrected chi connectivity index (χ1v) is 4.62. The largest absolute Gasteiger partial charge is 0.300 e. The van der Waals surface area contributed by atoms with E-state index in [0.29, 0.717) is 11.8 Å². The fraction of sp³-hybridized carbons (Fsp3) is 0.889. The van der Waals surface area contributed by atoms with Gasteiger partial charge in [-0.1, -0.05) is 6.42 Å². The van der Waals surface area contributed by atoms with Crippen molar-refractivity contribution in [2.24, 2.45) is 0 Å². The number of nitrogens with zero attached hydrogens (tertiary/aromatic N) is 1. The van der Waals surface area contributed by atoms with Gasteiger partial charge in [-0.25, -0.2) is 0 Å². The van der Waals surface area contributed by atoms with E-state index in [1.165, 1.54) is 25.8 Å². The molecule has 0 aromatic carbocycles. The molecule has 0 amide bonds. The van der Waals surface area contributed by atoms with Crippen LogP contribution in [0.1, 0.15) is 32.1 Å². The number of hydrogen-bond acceptors (Lipinski definition) is 2. The molecule has 2 rings (SSSR count). The summed E-state index contributed by atoms with van der Waals surface area (Å²) in [5.74, 6) is 0.480. The maximum absolute atomic E-state index is 11.1. The van der Waals surface area contributed by atoms with Crippen molar-refractivity contribution in [3.8, 4) is 0 Å². The monoisotopic (exact) mass is 153 g/mol. The van der Waals surface area contributed by atoms with Gasteiger partial charge in [0, 0.05) is 25.4 Å². The van der Waals surface area contributed by atoms with E-state index in [-0.39, 0.29) is 0 Å². The zero-order chi connectivity index (χ0) is 7.68. The fourth-order valence-corrected chi connectivity index (χ4v) is 2.22. The lowest BCUT2D eigenvalue weighted by atomic mass is 9.93. The van der Waals surface area contributed by atoms with Gasteiger partial charge >= 0.3 is 0 Å². The highest BCUT2D eigenvalue weighted by Gasteiger charge is 2.28. The Morgan fingerprint density at radius 2 is 2.18 bits per heavy atom. The molecule has 0 unspecified atom stereocenters. The van der Waals surface area contributed by atoms with Crippen molar-refractivity contribution in [3.05, 3.63) is 0 Å². The first-order valence-electron chi connectivity index (χ1n) is 4.62. The van der Waals surface area contributed by atoms with Crippen molar-refractivity contribution >= 4 is 5.78 Å². The summed E-state index contributed by atoms with van der Waals surface area (Å²) in [6.45, 7) is 2.27. The minimum absolute atomic E-state index is 0.480. The lowest BCUT2D eigenvalue weighted by molar-refractivity contribution is -0.123. The molecule has 11 heavy (non-hydrogen) atoms. The molecule has 0 saturated carbocycles. The Hall–Kier alpha value is -0.370. The van der Waals surface area contributed by atoms with Gasteiger partial charge in [-0.15, -0.1) is 0 Å². The zero-order valence-corrected chi connectivity index (χ0v) is 6.88. The third kappa shape index (κ3) is 1.45. The zero-order valence-electron chi connectivity index (χ0n) is 6.88. The second kappa shape index (κ2) is 2.94. The molecule has 0 radical (unpaired) electrons. The molecule has 2 heterocycles. The van der Waals surface area contributed by atoms with Gasteiger partial charge in [-0.05, 0) is 19.4 Å². The second-order valence-corrected chi connectivity index (χ2v) is 3.68. The molecule has 2 aliphatic heterocycles. The molecule has 1 atom stereocenters. The standard InChI is InChI=1S/C9H15NO/c11-9-4-6-10-5-2-1-3-8(10)7-9/h8H,1-7H2/t8-/m0/s1. The topological polar surface area (TPSA) is 20.3 Å². The van der Waals surface area contributed by atoms with E-state index in [1.54, 1.807) is 0 Å². The van der Waals surface area contributed by atoms with Crippen molar-refractivity contribution in [1.82, 2.24) is 4.90 Å². The van der Waals surface area contributed by atoms with Crippen LogP contribution in [0.5, 0.6) is 0 Å². The maximum atomic E-state index is 11.1. The van der Waals surface area contributed by atoms with Crippen LogP contribution in [0.3, 0.4) is 0 Å². The van der Waals surface area contributed by atoms with E-state index in [2.05, 4.69) is 4.90 Å². The fourth-order valence-electron chi connectivity index (χ4n) is 2.22. The molecule has 0 spiro atoms. The number of Topliss-reactive ketones (excluding diaryl/α,β-unsaturated/α-hetero) is 1. The molecule has 62 valence electrons. The molecular weight excluding hydrogens is 138 g/mol. The molecule has 2 heteroatoms. The normalized spacial score (nSPS) is 33.5. The predicted octanol–water partition coefficient (Wildman–Crippen LogP) is 1.20. The van der Waals surface area contributed by atoms with Crippen molar-refractivity contribution in [1.29, 1.82) is 0 Å². The van der Waals surface area contributed by atoms with Gasteiger partial charge in [-0.3, -0.25) is 9.69 Å². The summed E-state index contributed by atoms with van der Waals surface area (Å²) >= 11 is 0. The summed E-state index contributed by atoms with van der Waals surface area (Å²) < 4.78 is 0. The average molecular weight is 153 g/mol. The van der Waals surface area contributed by atoms with Crippen LogP contribution in [-0.2, 0) is 4.79 Å². The molecule has 2 nitrogen and oxygen atoms in total. The van der Waals surface area contributed by atoms with Gasteiger partial charge in [0.1, 0.15) is 5.78 Å². The number of piperidine rings is 2. The Morgan fingerprint density at radius 3 is 3.09 bits per heavy atom. The Balaban J connectivity index is 1.98. The Kier molecular flexibility index (Phi) is 1.95. The number of ketones is 1. The minimum atomic E-state index is 0.480. The number of fused-ring (bicyclic) bond motifs is 1. The van der Waals surface area contributed by atoms with Crippen LogP contribution < -0.4 is 0 Å². The van der Waals surface area contributed by atoms with E-state index in [4.69, 9.17) is 0 Å². The molecule has 0 aromatic rings. The van der Waals surface area contributed by atoms with Gasteiger partial charge in [0.05, 0.1) is 0 Å². The van der Waals surface area contributed by atoms with Crippen molar-refractivity contribution in [3.63, 3.8) is 0 Å². The van der Waals surface area contributed by atoms with E-state index in [0.717, 1.165) is 19.4 Å². The van der Waals surface area contributed by atoms with Crippen molar-refractivity contribution in [2.75, 3.05) is 13.1 Å². The minimum Gasteiger partial charge on any atom is -0.300 e. The van der Waals surface area contributed by atoms with Gasteiger partial charge in [-0.2, -0.15) is 0 Å². The number of carbonyl (C=O) groups excluding carboxylic acids is 1. The first-order chi connectivity index (χ1) is 5.36. The Bertz CT molecular complexity index is 167. The lowest BCUT2D eigenvalue weighted by Crippen LogP contribution is -2.45. The van der Waals surface area contributed by atoms with Crippen LogP contribution in [0.25, 0.3) is 0 Å². The summed E-state index contributed by atoms with van der Waals surface area (Å²) in [5.41, 5.74) is 0. The summed E-state index contributed by atoms with van der Waals surface area (Å²) in [5, 5.41) is 0. The van der Waals surface area contributed by atoms with Gasteiger partial charge in [0.25, 0.3) is 0 Å². The highest BCUT2D eigenvalue weighted by atomic mass is 16.1. The third-order valence-corrected chi connectivity index (χ3v) is 2.89. The van der Waals surface area contributed by atoms with Crippen LogP contribution in [0, 0.1) is 0 Å². The summed E-state index contributed by atoms with van der Waals surface area (Å²) in [4.78, 5) is 13.6. The van der Waals surface area contributed by atoms with Crippen LogP contribution >= 0.6 is 0 Å². The van der Waals surface area contributed by atoms with Crippen LogP contribution in [0.15, 0.2) is 0 Å². The highest BCUT2D eigenvalue weighted by molar-refractivity contribution is 5.80. The van der Waals surface area contributed by atoms with Crippen LogP contribution in [0.2, 0.25) is 0 Å². The molecular formula is C9H15NO. The highest BCUT2D eigenvalue weighted by Crippen LogP contribution is 2.23. The second-order valence-electron chi connectivity index (χ2n) is 3.68. The van der Waals surface area contributed by atoms with Crippen LogP contribution in [0.4, 0.5) is 0 Å². The van der Waals surface area contributed by atoms with E-state index in [9.17, 15) is 4.79 Å². The predicted molar refractivity (Wildman–Crippen MR) is 43.5 cm³/mol. The summed E-state index contributed by atoms with van der Waals surface area (Å²) in [6, 6.07) is 0.616. The van der Waals surface area contributed by atoms with Crippen LogP contribution in [-0.4, -0.2) is 29.8 Å². The molecule has 0 aliphatic carbocycles. The number of rotatable bonds is 0. The molecule has 2 aliphatic rings. The SMILES string of the molecule is O=C1CCN2CCCC[C@H]2C1. The number of carbonyl (C=O) groups is 1. The Labute approximate surface area is 67.6 Å². The molecule has 0 aromatic heterocycles. The first kappa shape index (κ1) is 7.29. The van der Waals surface area contributed by atoms with Crippen molar-refractivity contribution < 1.29 is 4.79 Å². The quantitative estimate of drug-likeness (QED) is 0.521. The van der Waals surface area contributed by atoms with E-state index in [1.807, 2.05) is 0 Å². The van der Waals surface area contributed by atoms with Gasteiger partial charge in [0.15, 0.2) is 0 Å². The molecule has 0 N–H and O–H groups in total. The maximum Gasteiger partial charge on any atom is 0.135 e. The summed E-state index contributed by atoms with van der Waals surface area (Å²) in [7, 11) is 0. The van der Waals surface area contributed by atoms with Gasteiger partial charge < -0.3 is 0 Å². The Morgan fingerprint density at radius 1 is 1.27 bits per heavy atom.